The fourth-order valence-corrected chi connectivity index (χ4v) is 0.765. The highest BCUT2D eigenvalue weighted by molar-refractivity contribution is 5.22. The molecular weight excluding hydrogens is 170 g/mol. The molecule has 0 saturated carbocycles. The zero-order valence-electron chi connectivity index (χ0n) is 10.8. The van der Waals surface area contributed by atoms with Gasteiger partial charge in [-0.25, -0.2) is 0 Å². The van der Waals surface area contributed by atoms with E-state index in [-0.39, 0.29) is 0 Å². The Balaban J connectivity index is 0. The summed E-state index contributed by atoms with van der Waals surface area (Å²) in [5.74, 6) is 0. The first-order chi connectivity index (χ1) is 6.61. The lowest BCUT2D eigenvalue weighted by Gasteiger charge is -1.97. The summed E-state index contributed by atoms with van der Waals surface area (Å²) in [7, 11) is 0. The first-order valence-corrected chi connectivity index (χ1v) is 5.51. The van der Waals surface area contributed by atoms with E-state index in [1.165, 1.54) is 17.5 Å². The van der Waals surface area contributed by atoms with Crippen LogP contribution >= 0.6 is 0 Å². The molecule has 0 saturated heterocycles. The number of aromatic nitrogens is 1. The van der Waals surface area contributed by atoms with Crippen molar-refractivity contribution in [1.82, 2.24) is 4.98 Å². The van der Waals surface area contributed by atoms with E-state index in [2.05, 4.69) is 38.7 Å². The predicted octanol–water partition coefficient (Wildman–Crippen LogP) is 4.45. The van der Waals surface area contributed by atoms with Crippen LogP contribution in [0.4, 0.5) is 0 Å². The van der Waals surface area contributed by atoms with Crippen LogP contribution in [0.1, 0.15) is 50.9 Å². The third-order valence-corrected chi connectivity index (χ3v) is 1.51. The molecule has 0 aliphatic carbocycles. The Hall–Kier alpha value is -0.850. The molecular formula is C13H25N. The van der Waals surface area contributed by atoms with Crippen molar-refractivity contribution in [2.24, 2.45) is 0 Å². The summed E-state index contributed by atoms with van der Waals surface area (Å²) < 4.78 is 0. The second-order valence-electron chi connectivity index (χ2n) is 3.12. The summed E-state index contributed by atoms with van der Waals surface area (Å²) in [6.07, 6.45) is 3.16. The van der Waals surface area contributed by atoms with Gasteiger partial charge in [-0.1, -0.05) is 34.1 Å². The monoisotopic (exact) mass is 195 g/mol. The lowest BCUT2D eigenvalue weighted by molar-refractivity contribution is 1.09. The Labute approximate surface area is 89.6 Å². The maximum absolute atomic E-state index is 4.14. The zero-order chi connectivity index (χ0) is 11.6. The fraction of sp³-hybridized carbons (Fsp3) is 0.615. The number of rotatable bonds is 0. The molecule has 1 aromatic rings. The van der Waals surface area contributed by atoms with Crippen LogP contribution in [0.3, 0.4) is 0 Å². The van der Waals surface area contributed by atoms with Crippen molar-refractivity contribution in [1.29, 1.82) is 0 Å². The Morgan fingerprint density at radius 1 is 1.00 bits per heavy atom. The van der Waals surface area contributed by atoms with Gasteiger partial charge in [0.15, 0.2) is 0 Å². The van der Waals surface area contributed by atoms with Crippen molar-refractivity contribution in [2.45, 2.75) is 54.9 Å². The highest BCUT2D eigenvalue weighted by Gasteiger charge is 1.90. The van der Waals surface area contributed by atoms with Gasteiger partial charge >= 0.3 is 0 Å². The Bertz CT molecular complexity index is 229. The average Bonchev–Trinajstić information content (AvgIpc) is 2.17. The topological polar surface area (TPSA) is 12.9 Å². The van der Waals surface area contributed by atoms with Crippen LogP contribution in [0.2, 0.25) is 0 Å². The number of pyridine rings is 1. The molecule has 1 aromatic heterocycles. The van der Waals surface area contributed by atoms with Crippen LogP contribution in [-0.4, -0.2) is 4.98 Å². The van der Waals surface area contributed by atoms with Crippen molar-refractivity contribution in [2.75, 3.05) is 0 Å². The van der Waals surface area contributed by atoms with Gasteiger partial charge in [-0.15, -0.1) is 0 Å². The molecule has 0 spiro atoms. The van der Waals surface area contributed by atoms with E-state index in [1.54, 1.807) is 0 Å². The third kappa shape index (κ3) is 7.78. The van der Waals surface area contributed by atoms with E-state index in [4.69, 9.17) is 0 Å². The van der Waals surface area contributed by atoms with Crippen LogP contribution in [-0.2, 0) is 0 Å². The molecule has 0 unspecified atom stereocenters. The smallest absolute Gasteiger partial charge is 0.0375 e. The molecule has 0 aliphatic rings. The summed E-state index contributed by atoms with van der Waals surface area (Å²) in [6.45, 7) is 14.4. The highest BCUT2D eigenvalue weighted by Crippen LogP contribution is 2.04. The predicted molar refractivity (Wildman–Crippen MR) is 65.8 cm³/mol. The maximum Gasteiger partial charge on any atom is 0.0375 e. The van der Waals surface area contributed by atoms with Crippen LogP contribution in [0, 0.1) is 20.8 Å². The normalized spacial score (nSPS) is 7.93. The SMILES string of the molecule is CC.CCC.Cc1cc(C)c(C)cn1. The van der Waals surface area contributed by atoms with E-state index < -0.39 is 0 Å². The van der Waals surface area contributed by atoms with Gasteiger partial charge in [0.05, 0.1) is 0 Å². The Morgan fingerprint density at radius 2 is 1.43 bits per heavy atom. The van der Waals surface area contributed by atoms with Crippen molar-refractivity contribution in [3.63, 3.8) is 0 Å². The second-order valence-corrected chi connectivity index (χ2v) is 3.12. The van der Waals surface area contributed by atoms with Gasteiger partial charge in [-0.05, 0) is 38.0 Å². The third-order valence-electron chi connectivity index (χ3n) is 1.51. The maximum atomic E-state index is 4.14. The molecule has 0 N–H and O–H groups in total. The van der Waals surface area contributed by atoms with E-state index in [0.717, 1.165) is 5.69 Å². The lowest BCUT2D eigenvalue weighted by Crippen LogP contribution is -1.85. The Kier molecular flexibility index (Phi) is 11.4. The summed E-state index contributed by atoms with van der Waals surface area (Å²) in [5, 5.41) is 0. The van der Waals surface area contributed by atoms with Crippen molar-refractivity contribution >= 4 is 0 Å². The molecule has 1 heteroatoms. The molecule has 1 rings (SSSR count). The van der Waals surface area contributed by atoms with E-state index in [9.17, 15) is 0 Å². The van der Waals surface area contributed by atoms with Crippen molar-refractivity contribution in [3.05, 3.63) is 29.1 Å². The minimum atomic E-state index is 1.10. The minimum Gasteiger partial charge on any atom is -0.261 e. The molecule has 0 aromatic carbocycles. The molecule has 0 bridgehead atoms. The van der Waals surface area contributed by atoms with E-state index in [0.29, 0.717) is 0 Å². The molecule has 0 radical (unpaired) electrons. The second kappa shape index (κ2) is 10.2. The van der Waals surface area contributed by atoms with Gasteiger partial charge in [0.1, 0.15) is 0 Å². The molecule has 0 aliphatic heterocycles. The largest absolute Gasteiger partial charge is 0.261 e. The van der Waals surface area contributed by atoms with Crippen LogP contribution < -0.4 is 0 Å². The van der Waals surface area contributed by atoms with E-state index >= 15 is 0 Å². The molecule has 0 atom stereocenters. The van der Waals surface area contributed by atoms with Crippen LogP contribution in [0.15, 0.2) is 12.3 Å². The summed E-state index contributed by atoms with van der Waals surface area (Å²) in [5.41, 5.74) is 3.68. The molecule has 1 nitrogen and oxygen atoms in total. The summed E-state index contributed by atoms with van der Waals surface area (Å²) in [6, 6.07) is 2.09. The number of nitrogens with zero attached hydrogens (tertiary/aromatic N) is 1. The fourth-order valence-electron chi connectivity index (χ4n) is 0.765. The highest BCUT2D eigenvalue weighted by atomic mass is 14.7. The van der Waals surface area contributed by atoms with E-state index in [1.807, 2.05) is 27.0 Å². The lowest BCUT2D eigenvalue weighted by atomic mass is 10.2. The first-order valence-electron chi connectivity index (χ1n) is 5.51. The molecule has 82 valence electrons. The Morgan fingerprint density at radius 3 is 1.71 bits per heavy atom. The number of hydrogen-bond acceptors (Lipinski definition) is 1. The quantitative estimate of drug-likeness (QED) is 0.596. The number of aryl methyl sites for hydroxylation is 3. The van der Waals surface area contributed by atoms with Gasteiger partial charge in [0.25, 0.3) is 0 Å². The molecule has 1 heterocycles. The molecule has 0 amide bonds. The molecule has 0 fully saturated rings. The van der Waals surface area contributed by atoms with Crippen molar-refractivity contribution in [3.8, 4) is 0 Å². The van der Waals surface area contributed by atoms with Gasteiger partial charge in [0.2, 0.25) is 0 Å². The van der Waals surface area contributed by atoms with Crippen molar-refractivity contribution < 1.29 is 0 Å². The first kappa shape index (κ1) is 15.6. The van der Waals surface area contributed by atoms with Crippen LogP contribution in [0.25, 0.3) is 0 Å². The summed E-state index contributed by atoms with van der Waals surface area (Å²) >= 11 is 0. The van der Waals surface area contributed by atoms with Gasteiger partial charge in [0, 0.05) is 11.9 Å². The average molecular weight is 195 g/mol. The standard InChI is InChI=1S/C8H11N.C3H8.C2H6/c1-6-4-8(3)9-5-7(6)2;1-3-2;1-2/h4-5H,1-3H3;3H2,1-2H3;1-2H3. The summed E-state index contributed by atoms with van der Waals surface area (Å²) in [4.78, 5) is 4.14. The van der Waals surface area contributed by atoms with Crippen LogP contribution in [0.5, 0.6) is 0 Å². The minimum absolute atomic E-state index is 1.10. The van der Waals surface area contributed by atoms with Gasteiger partial charge < -0.3 is 0 Å². The van der Waals surface area contributed by atoms with Gasteiger partial charge in [-0.2, -0.15) is 0 Å². The zero-order valence-corrected chi connectivity index (χ0v) is 10.8. The van der Waals surface area contributed by atoms with Gasteiger partial charge in [-0.3, -0.25) is 4.98 Å². The molecule has 14 heavy (non-hydrogen) atoms. The number of hydrogen-bond donors (Lipinski definition) is 0.